The zero-order chi connectivity index (χ0) is 12.0. The Morgan fingerprint density at radius 2 is 1.57 bits per heavy atom. The van der Waals surface area contributed by atoms with Gasteiger partial charge < -0.3 is 0 Å². The fraction of sp³-hybridized carbons (Fsp3) is 0.714. The fourth-order valence-electron chi connectivity index (χ4n) is 0.734. The van der Waals surface area contributed by atoms with Crippen LogP contribution in [-0.2, 0) is 0 Å². The molecule has 0 radical (unpaired) electrons. The molecule has 0 N–H and O–H groups in total. The minimum atomic E-state index is 0.733. The third-order valence-electron chi connectivity index (χ3n) is 1.94. The smallest absolute Gasteiger partial charge is 0.0234 e. The molecule has 0 amide bonds. The van der Waals surface area contributed by atoms with Gasteiger partial charge in [0.1, 0.15) is 0 Å². The maximum absolute atomic E-state index is 2.26. The molecule has 0 aromatic heterocycles. The van der Waals surface area contributed by atoms with Gasteiger partial charge in [-0.15, -0.1) is 0 Å². The Kier molecular flexibility index (Phi) is 25.0. The largest absolute Gasteiger partial charge is 0.0877 e. The Bertz CT molecular complexity index is 129. The first-order valence-electron chi connectivity index (χ1n) is 6.01. The van der Waals surface area contributed by atoms with Crippen LogP contribution in [0.15, 0.2) is 23.8 Å². The molecule has 0 spiro atoms. The third-order valence-corrected chi connectivity index (χ3v) is 1.94. The number of allylic oxidation sites excluding steroid dienone is 4. The summed E-state index contributed by atoms with van der Waals surface area (Å²) in [6.07, 6.45) is 7.58. The molecule has 1 atom stereocenters. The van der Waals surface area contributed by atoms with Gasteiger partial charge in [-0.1, -0.05) is 65.3 Å². The average Bonchev–Trinajstić information content (AvgIpc) is 2.30. The topological polar surface area (TPSA) is 0 Å². The molecule has 0 heterocycles. The van der Waals surface area contributed by atoms with E-state index in [0.29, 0.717) is 0 Å². The fourth-order valence-corrected chi connectivity index (χ4v) is 0.734. The first-order valence-corrected chi connectivity index (χ1v) is 6.01. The van der Waals surface area contributed by atoms with E-state index >= 15 is 0 Å². The van der Waals surface area contributed by atoms with Crippen LogP contribution in [0.4, 0.5) is 0 Å². The maximum atomic E-state index is 2.26. The highest BCUT2D eigenvalue weighted by Gasteiger charge is 1.97. The summed E-state index contributed by atoms with van der Waals surface area (Å²) in [7, 11) is 0. The van der Waals surface area contributed by atoms with Gasteiger partial charge >= 0.3 is 0 Å². The average molecular weight is 198 g/mol. The van der Waals surface area contributed by atoms with Crippen LogP contribution >= 0.6 is 0 Å². The Labute approximate surface area is 92.1 Å². The first kappa shape index (κ1) is 19.1. The van der Waals surface area contributed by atoms with Crippen LogP contribution in [0.1, 0.15) is 61.8 Å². The van der Waals surface area contributed by atoms with Crippen LogP contribution in [0.25, 0.3) is 0 Å². The maximum Gasteiger partial charge on any atom is -0.0234 e. The van der Waals surface area contributed by atoms with Gasteiger partial charge in [0, 0.05) is 0 Å². The lowest BCUT2D eigenvalue weighted by molar-refractivity contribution is 0.655. The van der Waals surface area contributed by atoms with Crippen LogP contribution in [0.3, 0.4) is 0 Å². The van der Waals surface area contributed by atoms with E-state index in [-0.39, 0.29) is 0 Å². The predicted molar refractivity (Wildman–Crippen MR) is 70.7 cm³/mol. The molecule has 0 saturated heterocycles. The lowest BCUT2D eigenvalue weighted by Gasteiger charge is -2.06. The highest BCUT2D eigenvalue weighted by molar-refractivity contribution is 5.11. The molecule has 0 saturated carbocycles. The van der Waals surface area contributed by atoms with Crippen molar-refractivity contribution in [1.82, 2.24) is 0 Å². The molecule has 0 aromatic carbocycles. The molecule has 0 aliphatic carbocycles. The van der Waals surface area contributed by atoms with Gasteiger partial charge in [-0.05, 0) is 26.2 Å². The second-order valence-electron chi connectivity index (χ2n) is 2.75. The van der Waals surface area contributed by atoms with E-state index in [9.17, 15) is 0 Å². The lowest BCUT2D eigenvalue weighted by Crippen LogP contribution is -1.92. The normalized spacial score (nSPS) is 12.4. The first-order chi connectivity index (χ1) is 6.72. The quantitative estimate of drug-likeness (QED) is 0.517. The Morgan fingerprint density at radius 1 is 1.14 bits per heavy atom. The second kappa shape index (κ2) is 18.3. The van der Waals surface area contributed by atoms with Crippen molar-refractivity contribution in [3.63, 3.8) is 0 Å². The van der Waals surface area contributed by atoms with Gasteiger partial charge in [0.05, 0.1) is 0 Å². The molecule has 0 heteroatoms. The van der Waals surface area contributed by atoms with Crippen molar-refractivity contribution < 1.29 is 0 Å². The number of hydrogen-bond donors (Lipinski definition) is 0. The van der Waals surface area contributed by atoms with Gasteiger partial charge in [0.2, 0.25) is 0 Å². The van der Waals surface area contributed by atoms with Crippen molar-refractivity contribution in [2.24, 2.45) is 5.92 Å². The second-order valence-corrected chi connectivity index (χ2v) is 2.75. The lowest BCUT2D eigenvalue weighted by atomic mass is 10.00. The molecule has 0 nitrogen and oxygen atoms in total. The Hall–Kier alpha value is -0.520. The SMILES string of the molecule is C/C=C\C=C(\C)C(C)CC.CC.CC. The van der Waals surface area contributed by atoms with Crippen LogP contribution < -0.4 is 0 Å². The van der Waals surface area contributed by atoms with Crippen molar-refractivity contribution in [2.45, 2.75) is 61.8 Å². The van der Waals surface area contributed by atoms with Crippen LogP contribution in [0.2, 0.25) is 0 Å². The third kappa shape index (κ3) is 14.0. The molecule has 14 heavy (non-hydrogen) atoms. The number of rotatable bonds is 3. The molecule has 0 rings (SSSR count). The van der Waals surface area contributed by atoms with Gasteiger partial charge in [0.15, 0.2) is 0 Å². The molecule has 0 bridgehead atoms. The van der Waals surface area contributed by atoms with E-state index in [1.807, 2.05) is 34.6 Å². The Morgan fingerprint density at radius 3 is 1.86 bits per heavy atom. The van der Waals surface area contributed by atoms with Crippen LogP contribution in [0, 0.1) is 5.92 Å². The summed E-state index contributed by atoms with van der Waals surface area (Å²) in [4.78, 5) is 0. The Balaban J connectivity index is -0.000000266. The molecule has 0 aliphatic heterocycles. The highest BCUT2D eigenvalue weighted by atomic mass is 14.0. The molecular formula is C14H30. The van der Waals surface area contributed by atoms with E-state index in [1.165, 1.54) is 12.0 Å². The minimum Gasteiger partial charge on any atom is -0.0877 e. The van der Waals surface area contributed by atoms with E-state index in [2.05, 4.69) is 39.0 Å². The van der Waals surface area contributed by atoms with E-state index < -0.39 is 0 Å². The standard InChI is InChI=1S/C10H18.2C2H6/c1-5-7-8-10(4)9(3)6-2;2*1-2/h5,7-9H,6H2,1-4H3;2*1-2H3/b7-5-,10-8-;;. The molecular weight excluding hydrogens is 168 g/mol. The van der Waals surface area contributed by atoms with E-state index in [0.717, 1.165) is 5.92 Å². The van der Waals surface area contributed by atoms with Crippen LogP contribution in [0.5, 0.6) is 0 Å². The monoisotopic (exact) mass is 198 g/mol. The highest BCUT2D eigenvalue weighted by Crippen LogP contribution is 2.12. The predicted octanol–water partition coefficient (Wildman–Crippen LogP) is 5.61. The van der Waals surface area contributed by atoms with E-state index in [1.54, 1.807) is 0 Å². The summed E-state index contributed by atoms with van der Waals surface area (Å²) < 4.78 is 0. The van der Waals surface area contributed by atoms with Crippen molar-refractivity contribution in [1.29, 1.82) is 0 Å². The molecule has 1 unspecified atom stereocenters. The van der Waals surface area contributed by atoms with Gasteiger partial charge in [-0.3, -0.25) is 0 Å². The van der Waals surface area contributed by atoms with E-state index in [4.69, 9.17) is 0 Å². The molecule has 86 valence electrons. The summed E-state index contributed by atoms with van der Waals surface area (Å²) >= 11 is 0. The zero-order valence-electron chi connectivity index (χ0n) is 11.5. The van der Waals surface area contributed by atoms with Crippen molar-refractivity contribution >= 4 is 0 Å². The van der Waals surface area contributed by atoms with Crippen LogP contribution in [-0.4, -0.2) is 0 Å². The molecule has 0 fully saturated rings. The van der Waals surface area contributed by atoms with Crippen molar-refractivity contribution in [3.05, 3.63) is 23.8 Å². The van der Waals surface area contributed by atoms with Gasteiger partial charge in [0.25, 0.3) is 0 Å². The number of hydrogen-bond acceptors (Lipinski definition) is 0. The van der Waals surface area contributed by atoms with Gasteiger partial charge in [-0.25, -0.2) is 0 Å². The summed E-state index contributed by atoms with van der Waals surface area (Å²) in [5.74, 6) is 0.733. The minimum absolute atomic E-state index is 0.733. The van der Waals surface area contributed by atoms with Crippen molar-refractivity contribution in [2.75, 3.05) is 0 Å². The summed E-state index contributed by atoms with van der Waals surface area (Å²) in [5, 5.41) is 0. The summed E-state index contributed by atoms with van der Waals surface area (Å²) in [5.41, 5.74) is 1.47. The zero-order valence-corrected chi connectivity index (χ0v) is 11.5. The molecule has 0 aliphatic rings. The summed E-state index contributed by atoms with van der Waals surface area (Å²) in [6.45, 7) is 16.7. The van der Waals surface area contributed by atoms with Crippen molar-refractivity contribution in [3.8, 4) is 0 Å². The summed E-state index contributed by atoms with van der Waals surface area (Å²) in [6, 6.07) is 0. The molecule has 0 aromatic rings. The van der Waals surface area contributed by atoms with Gasteiger partial charge in [-0.2, -0.15) is 0 Å².